The highest BCUT2D eigenvalue weighted by molar-refractivity contribution is 5.77. The lowest BCUT2D eigenvalue weighted by molar-refractivity contribution is -0.123. The first-order valence-electron chi connectivity index (χ1n) is 5.82. The number of amides is 1. The lowest BCUT2D eigenvalue weighted by atomic mass is 10.2. The van der Waals surface area contributed by atoms with Crippen LogP contribution in [0.2, 0.25) is 0 Å². The van der Waals surface area contributed by atoms with Crippen molar-refractivity contribution in [3.05, 3.63) is 30.1 Å². The minimum absolute atomic E-state index is 0.0793. The van der Waals surface area contributed by atoms with Gasteiger partial charge in [-0.3, -0.25) is 10.2 Å². The first-order valence-corrected chi connectivity index (χ1v) is 5.82. The van der Waals surface area contributed by atoms with Crippen LogP contribution in [-0.2, 0) is 4.79 Å². The van der Waals surface area contributed by atoms with E-state index in [1.54, 1.807) is 0 Å². The highest BCUT2D eigenvalue weighted by Gasteiger charge is 2.21. The summed E-state index contributed by atoms with van der Waals surface area (Å²) in [6.45, 7) is 1.94. The van der Waals surface area contributed by atoms with Gasteiger partial charge in [-0.05, 0) is 37.6 Å². The Labute approximate surface area is 105 Å². The number of halogens is 1. The zero-order valence-electron chi connectivity index (χ0n) is 10.1. The molecule has 1 heterocycles. The lowest BCUT2D eigenvalue weighted by Crippen LogP contribution is -2.45. The summed E-state index contributed by atoms with van der Waals surface area (Å²) in [5, 5.41) is 2.78. The van der Waals surface area contributed by atoms with E-state index in [-0.39, 0.29) is 24.5 Å². The minimum atomic E-state index is -0.331. The molecule has 0 bridgehead atoms. The third kappa shape index (κ3) is 3.68. The maximum atomic E-state index is 12.6. The van der Waals surface area contributed by atoms with Crippen LogP contribution >= 0.6 is 0 Å². The second kappa shape index (κ2) is 5.79. The molecule has 1 aliphatic rings. The first kappa shape index (κ1) is 12.8. The molecule has 0 aliphatic carbocycles. The van der Waals surface area contributed by atoms with Crippen LogP contribution in [0.25, 0.3) is 0 Å². The van der Waals surface area contributed by atoms with Gasteiger partial charge in [-0.15, -0.1) is 0 Å². The van der Waals surface area contributed by atoms with Crippen LogP contribution < -0.4 is 20.9 Å². The molecule has 1 amide bonds. The van der Waals surface area contributed by atoms with Crippen LogP contribution in [-0.4, -0.2) is 24.7 Å². The van der Waals surface area contributed by atoms with Crippen molar-refractivity contribution >= 4 is 5.91 Å². The van der Waals surface area contributed by atoms with Gasteiger partial charge in [-0.25, -0.2) is 9.82 Å². The maximum absolute atomic E-state index is 12.6. The Balaban J connectivity index is 1.73. The fraction of sp³-hybridized carbons (Fsp3) is 0.417. The summed E-state index contributed by atoms with van der Waals surface area (Å²) < 4.78 is 17.9. The third-order valence-electron chi connectivity index (χ3n) is 2.61. The van der Waals surface area contributed by atoms with Gasteiger partial charge in [0.1, 0.15) is 11.6 Å². The van der Waals surface area contributed by atoms with Gasteiger partial charge < -0.3 is 10.1 Å². The van der Waals surface area contributed by atoms with Crippen molar-refractivity contribution in [3.63, 3.8) is 0 Å². The minimum Gasteiger partial charge on any atom is -0.484 e. The van der Waals surface area contributed by atoms with E-state index in [9.17, 15) is 9.18 Å². The number of carbonyl (C=O) groups excluding carboxylic acids is 1. The topological polar surface area (TPSA) is 62.4 Å². The molecular formula is C12H16FN3O2. The maximum Gasteiger partial charge on any atom is 0.259 e. The molecule has 1 saturated heterocycles. The van der Waals surface area contributed by atoms with Crippen molar-refractivity contribution in [3.8, 4) is 5.75 Å². The van der Waals surface area contributed by atoms with Crippen molar-refractivity contribution in [1.82, 2.24) is 16.2 Å². The van der Waals surface area contributed by atoms with Crippen LogP contribution in [0.3, 0.4) is 0 Å². The standard InChI is InChI=1S/C12H16FN3O2/c1-8-6-11(16-15-8)14-12(17)7-18-10-4-2-9(13)3-5-10/h2-5,8,11,15-16H,6-7H2,1H3,(H,14,17). The predicted molar refractivity (Wildman–Crippen MR) is 64.2 cm³/mol. The summed E-state index contributed by atoms with van der Waals surface area (Å²) in [5.74, 6) is -0.0767. The summed E-state index contributed by atoms with van der Waals surface area (Å²) in [6.07, 6.45) is 0.742. The molecule has 3 N–H and O–H groups in total. The Morgan fingerprint density at radius 1 is 1.44 bits per heavy atom. The number of hydrogen-bond donors (Lipinski definition) is 3. The number of ether oxygens (including phenoxy) is 1. The molecule has 1 aromatic carbocycles. The van der Waals surface area contributed by atoms with E-state index in [1.807, 2.05) is 6.92 Å². The Bertz CT molecular complexity index is 410. The summed E-state index contributed by atoms with van der Waals surface area (Å²) in [7, 11) is 0. The van der Waals surface area contributed by atoms with Crippen LogP contribution in [0.5, 0.6) is 5.75 Å². The van der Waals surface area contributed by atoms with E-state index in [0.717, 1.165) is 6.42 Å². The first-order chi connectivity index (χ1) is 8.63. The van der Waals surface area contributed by atoms with Crippen LogP contribution in [0.15, 0.2) is 24.3 Å². The molecule has 0 spiro atoms. The van der Waals surface area contributed by atoms with E-state index < -0.39 is 0 Å². The van der Waals surface area contributed by atoms with E-state index in [4.69, 9.17) is 4.74 Å². The van der Waals surface area contributed by atoms with Gasteiger partial charge in [-0.1, -0.05) is 0 Å². The fourth-order valence-electron chi connectivity index (χ4n) is 1.72. The van der Waals surface area contributed by atoms with Crippen molar-refractivity contribution in [2.75, 3.05) is 6.61 Å². The van der Waals surface area contributed by atoms with Gasteiger partial charge in [-0.2, -0.15) is 0 Å². The predicted octanol–water partition coefficient (Wildman–Crippen LogP) is 0.533. The smallest absolute Gasteiger partial charge is 0.259 e. The molecular weight excluding hydrogens is 237 g/mol. The molecule has 0 aromatic heterocycles. The third-order valence-corrected chi connectivity index (χ3v) is 2.61. The number of hydrogen-bond acceptors (Lipinski definition) is 4. The highest BCUT2D eigenvalue weighted by atomic mass is 19.1. The van der Waals surface area contributed by atoms with Gasteiger partial charge in [0.05, 0.1) is 6.17 Å². The number of carbonyl (C=O) groups is 1. The number of benzene rings is 1. The van der Waals surface area contributed by atoms with E-state index in [1.165, 1.54) is 24.3 Å². The van der Waals surface area contributed by atoms with Crippen LogP contribution in [0.4, 0.5) is 4.39 Å². The van der Waals surface area contributed by atoms with E-state index in [0.29, 0.717) is 11.8 Å². The molecule has 18 heavy (non-hydrogen) atoms. The average Bonchev–Trinajstić information content (AvgIpc) is 2.74. The lowest BCUT2D eigenvalue weighted by Gasteiger charge is -2.12. The largest absolute Gasteiger partial charge is 0.484 e. The zero-order chi connectivity index (χ0) is 13.0. The molecule has 6 heteroatoms. The second-order valence-electron chi connectivity index (χ2n) is 4.29. The quantitative estimate of drug-likeness (QED) is 0.732. The molecule has 98 valence electrons. The van der Waals surface area contributed by atoms with Gasteiger partial charge in [0.25, 0.3) is 5.91 Å². The number of rotatable bonds is 4. The zero-order valence-corrected chi connectivity index (χ0v) is 10.1. The van der Waals surface area contributed by atoms with Gasteiger partial charge in [0, 0.05) is 6.04 Å². The Morgan fingerprint density at radius 3 is 2.78 bits per heavy atom. The molecule has 2 unspecified atom stereocenters. The molecule has 1 aliphatic heterocycles. The van der Waals surface area contributed by atoms with E-state index in [2.05, 4.69) is 16.2 Å². The normalized spacial score (nSPS) is 22.8. The molecule has 1 fully saturated rings. The van der Waals surface area contributed by atoms with Crippen molar-refractivity contribution in [2.24, 2.45) is 0 Å². The van der Waals surface area contributed by atoms with Crippen LogP contribution in [0, 0.1) is 5.82 Å². The Hall–Kier alpha value is -1.66. The van der Waals surface area contributed by atoms with Crippen LogP contribution in [0.1, 0.15) is 13.3 Å². The summed E-state index contributed by atoms with van der Waals surface area (Å²) in [5.41, 5.74) is 5.96. The molecule has 5 nitrogen and oxygen atoms in total. The van der Waals surface area contributed by atoms with Crippen molar-refractivity contribution < 1.29 is 13.9 Å². The molecule has 2 rings (SSSR count). The monoisotopic (exact) mass is 253 g/mol. The van der Waals surface area contributed by atoms with Crippen molar-refractivity contribution in [2.45, 2.75) is 25.6 Å². The SMILES string of the molecule is CC1CC(NC(=O)COc2ccc(F)cc2)NN1. The molecule has 1 aromatic rings. The van der Waals surface area contributed by atoms with Gasteiger partial charge >= 0.3 is 0 Å². The summed E-state index contributed by atoms with van der Waals surface area (Å²) in [4.78, 5) is 11.6. The number of nitrogens with one attached hydrogen (secondary N) is 3. The number of hydrazine groups is 1. The Kier molecular flexibility index (Phi) is 4.11. The summed E-state index contributed by atoms with van der Waals surface area (Å²) in [6, 6.07) is 5.88. The fourth-order valence-corrected chi connectivity index (χ4v) is 1.72. The van der Waals surface area contributed by atoms with E-state index >= 15 is 0 Å². The molecule has 2 atom stereocenters. The van der Waals surface area contributed by atoms with Gasteiger partial charge in [0.2, 0.25) is 0 Å². The highest BCUT2D eigenvalue weighted by Crippen LogP contribution is 2.10. The summed E-state index contributed by atoms with van der Waals surface area (Å²) >= 11 is 0. The average molecular weight is 253 g/mol. The Morgan fingerprint density at radius 2 is 2.17 bits per heavy atom. The van der Waals surface area contributed by atoms with Gasteiger partial charge in [0.15, 0.2) is 6.61 Å². The van der Waals surface area contributed by atoms with Crippen molar-refractivity contribution in [1.29, 1.82) is 0 Å². The second-order valence-corrected chi connectivity index (χ2v) is 4.29. The molecule has 0 radical (unpaired) electrons. The molecule has 0 saturated carbocycles.